The monoisotopic (exact) mass is 686 g/mol. The van der Waals surface area contributed by atoms with E-state index >= 15 is 0 Å². The van der Waals surface area contributed by atoms with Crippen molar-refractivity contribution < 1.29 is 27.7 Å². The van der Waals surface area contributed by atoms with Gasteiger partial charge in [-0.1, -0.05) is 66.2 Å². The Bertz CT molecular complexity index is 1910. The Balaban J connectivity index is 1.86. The molecule has 0 bridgehead atoms. The van der Waals surface area contributed by atoms with Crippen LogP contribution < -0.4 is 14.4 Å². The van der Waals surface area contributed by atoms with E-state index in [1.807, 2.05) is 82.3 Å². The molecule has 258 valence electrons. The molecule has 0 radical (unpaired) electrons. The molecule has 1 N–H and O–H groups in total. The maximum absolute atomic E-state index is 14.7. The fourth-order valence-corrected chi connectivity index (χ4v) is 6.80. The first-order chi connectivity index (χ1) is 23.1. The van der Waals surface area contributed by atoms with Crippen LogP contribution >= 0.6 is 0 Å². The molecule has 0 saturated carbocycles. The first kappa shape index (κ1) is 36.6. The number of rotatable bonds is 13. The summed E-state index contributed by atoms with van der Waals surface area (Å²) in [6.07, 6.45) is 0.166. The highest BCUT2D eigenvalue weighted by Crippen LogP contribution is 2.30. The third-order valence-corrected chi connectivity index (χ3v) is 9.58. The number of benzene rings is 4. The third-order valence-electron chi connectivity index (χ3n) is 7.81. The van der Waals surface area contributed by atoms with Crippen molar-refractivity contribution in [3.05, 3.63) is 129 Å². The molecule has 0 aromatic heterocycles. The van der Waals surface area contributed by atoms with Crippen LogP contribution in [0.5, 0.6) is 5.75 Å². The number of ether oxygens (including phenoxy) is 1. The van der Waals surface area contributed by atoms with Crippen LogP contribution in [-0.4, -0.2) is 55.3 Å². The van der Waals surface area contributed by atoms with Gasteiger partial charge in [-0.15, -0.1) is 0 Å². The summed E-state index contributed by atoms with van der Waals surface area (Å²) in [6, 6.07) is 25.5. The lowest BCUT2D eigenvalue weighted by Gasteiger charge is -2.35. The molecular formula is C37H42N4O7S. The Morgan fingerprint density at radius 2 is 1.55 bits per heavy atom. The minimum Gasteiger partial charge on any atom is -0.497 e. The lowest BCUT2D eigenvalue weighted by Crippen LogP contribution is -2.56. The van der Waals surface area contributed by atoms with Gasteiger partial charge in [0.25, 0.3) is 15.7 Å². The van der Waals surface area contributed by atoms with E-state index in [-0.39, 0.29) is 34.8 Å². The predicted molar refractivity (Wildman–Crippen MR) is 189 cm³/mol. The lowest BCUT2D eigenvalue weighted by molar-refractivity contribution is -0.385. The van der Waals surface area contributed by atoms with Crippen molar-refractivity contribution in [2.45, 2.75) is 64.1 Å². The predicted octanol–water partition coefficient (Wildman–Crippen LogP) is 5.97. The molecule has 4 aromatic rings. The van der Waals surface area contributed by atoms with Gasteiger partial charge in [-0.3, -0.25) is 24.0 Å². The molecule has 4 rings (SSSR count). The number of hydrogen-bond acceptors (Lipinski definition) is 7. The van der Waals surface area contributed by atoms with Crippen LogP contribution in [0.3, 0.4) is 0 Å². The molecule has 4 aromatic carbocycles. The van der Waals surface area contributed by atoms with Crippen molar-refractivity contribution >= 4 is 33.2 Å². The summed E-state index contributed by atoms with van der Waals surface area (Å²) in [4.78, 5) is 40.8. The molecule has 1 unspecified atom stereocenters. The molecule has 0 saturated heterocycles. The molecule has 11 nitrogen and oxygen atoms in total. The van der Waals surface area contributed by atoms with Crippen LogP contribution in [0.4, 0.5) is 11.4 Å². The van der Waals surface area contributed by atoms with Gasteiger partial charge >= 0.3 is 0 Å². The van der Waals surface area contributed by atoms with Crippen LogP contribution in [0.2, 0.25) is 0 Å². The van der Waals surface area contributed by atoms with Crippen molar-refractivity contribution in [1.29, 1.82) is 0 Å². The van der Waals surface area contributed by atoms with Crippen LogP contribution in [-0.2, 0) is 32.6 Å². The number of nitro groups is 1. The highest BCUT2D eigenvalue weighted by Gasteiger charge is 2.36. The zero-order valence-corrected chi connectivity index (χ0v) is 29.4. The molecule has 0 aliphatic rings. The molecule has 12 heteroatoms. The number of nitro benzene ring substituents is 1. The fraction of sp³-hybridized carbons (Fsp3) is 0.297. The van der Waals surface area contributed by atoms with E-state index < -0.39 is 44.9 Å². The highest BCUT2D eigenvalue weighted by molar-refractivity contribution is 7.92. The van der Waals surface area contributed by atoms with Crippen LogP contribution in [0.15, 0.2) is 102 Å². The first-order valence-corrected chi connectivity index (χ1v) is 17.2. The number of sulfonamides is 1. The molecule has 2 amide bonds. The van der Waals surface area contributed by atoms with Gasteiger partial charge in [-0.05, 0) is 76.1 Å². The van der Waals surface area contributed by atoms with Gasteiger partial charge < -0.3 is 15.0 Å². The Hall–Kier alpha value is -5.23. The normalized spacial score (nSPS) is 12.1. The molecule has 49 heavy (non-hydrogen) atoms. The van der Waals surface area contributed by atoms with E-state index in [0.29, 0.717) is 5.75 Å². The molecule has 1 atom stereocenters. The van der Waals surface area contributed by atoms with Crippen molar-refractivity contribution in [2.24, 2.45) is 0 Å². The largest absolute Gasteiger partial charge is 0.497 e. The van der Waals surface area contributed by atoms with Gasteiger partial charge in [0.1, 0.15) is 18.3 Å². The number of anilines is 1. The number of nitrogens with one attached hydrogen (secondary N) is 1. The van der Waals surface area contributed by atoms with Gasteiger partial charge in [0, 0.05) is 30.1 Å². The number of methoxy groups -OCH3 is 1. The molecule has 0 spiro atoms. The van der Waals surface area contributed by atoms with Crippen molar-refractivity contribution in [3.8, 4) is 5.75 Å². The van der Waals surface area contributed by atoms with Crippen molar-refractivity contribution in [2.75, 3.05) is 18.0 Å². The van der Waals surface area contributed by atoms with E-state index in [4.69, 9.17) is 4.74 Å². The quantitative estimate of drug-likeness (QED) is 0.135. The smallest absolute Gasteiger partial charge is 0.273 e. The zero-order valence-electron chi connectivity index (χ0n) is 28.5. The second-order valence-electron chi connectivity index (χ2n) is 12.9. The van der Waals surface area contributed by atoms with E-state index in [1.165, 1.54) is 43.2 Å². The Morgan fingerprint density at radius 1 is 0.898 bits per heavy atom. The minimum atomic E-state index is -4.55. The summed E-state index contributed by atoms with van der Waals surface area (Å²) in [5.41, 5.74) is 1.94. The average Bonchev–Trinajstić information content (AvgIpc) is 3.04. The Kier molecular flexibility index (Phi) is 11.5. The number of hydrogen-bond donors (Lipinski definition) is 1. The van der Waals surface area contributed by atoms with Gasteiger partial charge in [-0.2, -0.15) is 0 Å². The van der Waals surface area contributed by atoms with Gasteiger partial charge in [0.2, 0.25) is 11.8 Å². The number of amides is 2. The molecule has 0 fully saturated rings. The molecule has 0 aliphatic heterocycles. The minimum absolute atomic E-state index is 0.0160. The Morgan fingerprint density at radius 3 is 2.14 bits per heavy atom. The average molecular weight is 687 g/mol. The fourth-order valence-electron chi connectivity index (χ4n) is 5.36. The van der Waals surface area contributed by atoms with E-state index in [9.17, 15) is 28.1 Å². The Labute approximate surface area is 287 Å². The van der Waals surface area contributed by atoms with Gasteiger partial charge in [0.05, 0.1) is 22.6 Å². The standard InChI is InChI=1S/C37H42N4O7S/c1-26-11-10-14-29(21-26)24-39(34(36(43)38-37(3,4)5)22-28-12-8-7-9-13-28)35(42)25-40(30-16-18-31(48-6)19-17-30)49(46,47)32-20-15-27(2)33(23-32)41(44)45/h7-21,23,34H,22,24-25H2,1-6H3,(H,38,43). The number of carbonyl (C=O) groups excluding carboxylic acids is 2. The zero-order chi connectivity index (χ0) is 35.9. The summed E-state index contributed by atoms with van der Waals surface area (Å²) in [5.74, 6) is -0.584. The van der Waals surface area contributed by atoms with Gasteiger partial charge in [-0.25, -0.2) is 8.42 Å². The van der Waals surface area contributed by atoms with Crippen LogP contribution in [0.25, 0.3) is 0 Å². The summed E-state index contributed by atoms with van der Waals surface area (Å²) < 4.78 is 34.8. The van der Waals surface area contributed by atoms with Crippen molar-refractivity contribution in [3.63, 3.8) is 0 Å². The van der Waals surface area contributed by atoms with E-state index in [1.54, 1.807) is 12.1 Å². The summed E-state index contributed by atoms with van der Waals surface area (Å²) in [7, 11) is -3.08. The maximum atomic E-state index is 14.7. The molecule has 0 aliphatic carbocycles. The van der Waals surface area contributed by atoms with E-state index in [0.717, 1.165) is 27.1 Å². The molecule has 0 heterocycles. The van der Waals surface area contributed by atoms with Crippen LogP contribution in [0.1, 0.15) is 43.0 Å². The highest BCUT2D eigenvalue weighted by atomic mass is 32.2. The topological polar surface area (TPSA) is 139 Å². The van der Waals surface area contributed by atoms with Gasteiger partial charge in [0.15, 0.2) is 0 Å². The van der Waals surface area contributed by atoms with Crippen molar-refractivity contribution in [1.82, 2.24) is 10.2 Å². The maximum Gasteiger partial charge on any atom is 0.273 e. The molecular weight excluding hydrogens is 644 g/mol. The third kappa shape index (κ3) is 9.44. The summed E-state index contributed by atoms with van der Waals surface area (Å²) in [5, 5.41) is 14.8. The first-order valence-electron chi connectivity index (χ1n) is 15.7. The SMILES string of the molecule is COc1ccc(N(CC(=O)N(Cc2cccc(C)c2)C(Cc2ccccc2)C(=O)NC(C)(C)C)S(=O)(=O)c2ccc(C)c([N+](=O)[O-])c2)cc1. The van der Waals surface area contributed by atoms with E-state index in [2.05, 4.69) is 5.32 Å². The second-order valence-corrected chi connectivity index (χ2v) is 14.7. The number of carbonyl (C=O) groups is 2. The lowest BCUT2D eigenvalue weighted by atomic mass is 10.0. The summed E-state index contributed by atoms with van der Waals surface area (Å²) >= 11 is 0. The van der Waals surface area contributed by atoms with Crippen LogP contribution in [0, 0.1) is 24.0 Å². The number of aryl methyl sites for hydroxylation is 2. The second kappa shape index (κ2) is 15.3. The summed E-state index contributed by atoms with van der Waals surface area (Å²) in [6.45, 7) is 8.28. The number of nitrogens with zero attached hydrogens (tertiary/aromatic N) is 3.